The summed E-state index contributed by atoms with van der Waals surface area (Å²) in [6.45, 7) is 0.790. The highest BCUT2D eigenvalue weighted by molar-refractivity contribution is 5.99. The van der Waals surface area contributed by atoms with Crippen molar-refractivity contribution in [1.29, 1.82) is 5.26 Å². The molecule has 0 radical (unpaired) electrons. The molecular weight excluding hydrogens is 342 g/mol. The van der Waals surface area contributed by atoms with Crippen LogP contribution in [-0.4, -0.2) is 42.5 Å². The van der Waals surface area contributed by atoms with Gasteiger partial charge in [-0.2, -0.15) is 5.26 Å². The van der Waals surface area contributed by atoms with Crippen LogP contribution in [0.3, 0.4) is 0 Å². The first-order valence-electron chi connectivity index (χ1n) is 9.00. The maximum atomic E-state index is 12.9. The monoisotopic (exact) mass is 361 g/mol. The van der Waals surface area contributed by atoms with Crippen LogP contribution in [0.2, 0.25) is 0 Å². The Morgan fingerprint density at radius 1 is 1.11 bits per heavy atom. The van der Waals surface area contributed by atoms with Crippen molar-refractivity contribution in [1.82, 2.24) is 4.90 Å². The fourth-order valence-electron chi connectivity index (χ4n) is 3.62. The summed E-state index contributed by atoms with van der Waals surface area (Å²) in [6.07, 6.45) is 0.850. The van der Waals surface area contributed by atoms with Gasteiger partial charge in [0.15, 0.2) is 6.10 Å². The van der Waals surface area contributed by atoms with Crippen molar-refractivity contribution < 1.29 is 14.3 Å². The van der Waals surface area contributed by atoms with E-state index in [9.17, 15) is 14.9 Å². The number of benzene rings is 2. The first kappa shape index (κ1) is 17.1. The third kappa shape index (κ3) is 3.24. The Morgan fingerprint density at radius 2 is 1.89 bits per heavy atom. The Morgan fingerprint density at radius 3 is 2.70 bits per heavy atom. The molecule has 2 aliphatic heterocycles. The Hall–Kier alpha value is -3.33. The van der Waals surface area contributed by atoms with Gasteiger partial charge in [0.25, 0.3) is 5.91 Å². The summed E-state index contributed by atoms with van der Waals surface area (Å²) in [5.41, 5.74) is 2.16. The molecule has 6 heteroatoms. The van der Waals surface area contributed by atoms with E-state index in [1.807, 2.05) is 24.3 Å². The van der Waals surface area contributed by atoms with Gasteiger partial charge in [0.05, 0.1) is 11.3 Å². The number of carbonyl (C=O) groups excluding carboxylic acids is 2. The molecule has 0 aromatic heterocycles. The van der Waals surface area contributed by atoms with Crippen LogP contribution in [-0.2, 0) is 16.0 Å². The summed E-state index contributed by atoms with van der Waals surface area (Å²) in [5, 5.41) is 9.26. The molecule has 136 valence electrons. The molecule has 0 spiro atoms. The quantitative estimate of drug-likeness (QED) is 0.821. The van der Waals surface area contributed by atoms with Gasteiger partial charge in [0, 0.05) is 13.1 Å². The van der Waals surface area contributed by atoms with Crippen LogP contribution in [0.25, 0.3) is 0 Å². The molecule has 0 saturated carbocycles. The van der Waals surface area contributed by atoms with Crippen LogP contribution in [0, 0.1) is 11.3 Å². The highest BCUT2D eigenvalue weighted by Crippen LogP contribution is 2.28. The summed E-state index contributed by atoms with van der Waals surface area (Å²) in [7, 11) is 0. The van der Waals surface area contributed by atoms with Crippen molar-refractivity contribution in [3.63, 3.8) is 0 Å². The van der Waals surface area contributed by atoms with Crippen molar-refractivity contribution in [2.45, 2.75) is 18.9 Å². The van der Waals surface area contributed by atoms with Gasteiger partial charge in [-0.1, -0.05) is 30.3 Å². The molecule has 27 heavy (non-hydrogen) atoms. The topological polar surface area (TPSA) is 73.6 Å². The largest absolute Gasteiger partial charge is 0.480 e. The zero-order chi connectivity index (χ0) is 18.8. The normalized spacial score (nSPS) is 19.1. The van der Waals surface area contributed by atoms with Gasteiger partial charge in [0.1, 0.15) is 18.4 Å². The Bertz CT molecular complexity index is 934. The molecule has 2 amide bonds. The highest BCUT2D eigenvalue weighted by atomic mass is 16.5. The Balaban J connectivity index is 1.45. The molecule has 0 unspecified atom stereocenters. The second kappa shape index (κ2) is 7.12. The van der Waals surface area contributed by atoms with Gasteiger partial charge in [-0.25, -0.2) is 0 Å². The van der Waals surface area contributed by atoms with E-state index in [-0.39, 0.29) is 18.4 Å². The molecule has 0 N–H and O–H groups in total. The summed E-state index contributed by atoms with van der Waals surface area (Å²) < 4.78 is 5.87. The molecule has 1 saturated heterocycles. The van der Waals surface area contributed by atoms with E-state index in [0.29, 0.717) is 30.8 Å². The second-order valence-corrected chi connectivity index (χ2v) is 6.69. The summed E-state index contributed by atoms with van der Waals surface area (Å²) in [4.78, 5) is 28.6. The highest BCUT2D eigenvalue weighted by Gasteiger charge is 2.34. The molecule has 2 aromatic carbocycles. The molecule has 2 aliphatic rings. The number of anilines is 1. The molecule has 1 fully saturated rings. The number of para-hydroxylation sites is 2. The minimum absolute atomic E-state index is 0.000102. The fraction of sp³-hybridized carbons (Fsp3) is 0.286. The average molecular weight is 361 g/mol. The molecule has 1 atom stereocenters. The van der Waals surface area contributed by atoms with Crippen LogP contribution in [0.5, 0.6) is 5.75 Å². The van der Waals surface area contributed by atoms with Crippen molar-refractivity contribution >= 4 is 17.5 Å². The lowest BCUT2D eigenvalue weighted by molar-refractivity contribution is -0.143. The number of hydrogen-bond donors (Lipinski definition) is 0. The number of carbonyl (C=O) groups is 2. The number of hydrogen-bond acceptors (Lipinski definition) is 4. The zero-order valence-corrected chi connectivity index (χ0v) is 14.8. The zero-order valence-electron chi connectivity index (χ0n) is 14.8. The number of nitriles is 1. The molecule has 6 nitrogen and oxygen atoms in total. The van der Waals surface area contributed by atoms with Crippen LogP contribution in [0.1, 0.15) is 17.5 Å². The summed E-state index contributed by atoms with van der Waals surface area (Å²) in [5.74, 6) is 0.412. The van der Waals surface area contributed by atoms with E-state index in [0.717, 1.165) is 17.7 Å². The van der Waals surface area contributed by atoms with E-state index in [2.05, 4.69) is 6.07 Å². The van der Waals surface area contributed by atoms with Crippen LogP contribution < -0.4 is 9.64 Å². The number of amides is 2. The predicted octanol–water partition coefficient (Wildman–Crippen LogP) is 2.13. The first-order valence-corrected chi connectivity index (χ1v) is 9.00. The third-order valence-electron chi connectivity index (χ3n) is 5.04. The van der Waals surface area contributed by atoms with Gasteiger partial charge < -0.3 is 14.5 Å². The number of rotatable bonds is 2. The lowest BCUT2D eigenvalue weighted by Crippen LogP contribution is -2.55. The first-order chi connectivity index (χ1) is 13.2. The average Bonchev–Trinajstić information content (AvgIpc) is 2.72. The SMILES string of the molecule is N#Cc1ccccc1N1CCN(C(=O)[C@H]2CCc3ccccc3O2)CC1=O. The lowest BCUT2D eigenvalue weighted by Gasteiger charge is -2.37. The molecule has 0 bridgehead atoms. The molecule has 2 heterocycles. The maximum absolute atomic E-state index is 12.9. The maximum Gasteiger partial charge on any atom is 0.264 e. The fourth-order valence-corrected chi connectivity index (χ4v) is 3.62. The molecule has 0 aliphatic carbocycles. The van der Waals surface area contributed by atoms with Crippen LogP contribution >= 0.6 is 0 Å². The number of piperazine rings is 1. The van der Waals surface area contributed by atoms with Crippen molar-refractivity contribution in [3.8, 4) is 11.8 Å². The molecule has 4 rings (SSSR count). The van der Waals surface area contributed by atoms with Crippen LogP contribution in [0.15, 0.2) is 48.5 Å². The van der Waals surface area contributed by atoms with Gasteiger partial charge in [-0.05, 0) is 36.6 Å². The standard InChI is InChI=1S/C21H19N3O3/c22-13-16-6-1-3-7-17(16)24-12-11-23(14-20(24)25)21(26)19-10-9-15-5-2-4-8-18(15)27-19/h1-8,19H,9-12,14H2/t19-/m1/s1. The van der Waals surface area contributed by atoms with E-state index in [1.54, 1.807) is 34.1 Å². The summed E-state index contributed by atoms with van der Waals surface area (Å²) in [6, 6.07) is 16.9. The van der Waals surface area contributed by atoms with Gasteiger partial charge in [-0.15, -0.1) is 0 Å². The Labute approximate surface area is 157 Å². The van der Waals surface area contributed by atoms with Crippen molar-refractivity contribution in [3.05, 3.63) is 59.7 Å². The van der Waals surface area contributed by atoms with E-state index >= 15 is 0 Å². The predicted molar refractivity (Wildman–Crippen MR) is 99.3 cm³/mol. The van der Waals surface area contributed by atoms with Gasteiger partial charge >= 0.3 is 0 Å². The van der Waals surface area contributed by atoms with E-state index < -0.39 is 6.10 Å². The number of ether oxygens (including phenoxy) is 1. The smallest absolute Gasteiger partial charge is 0.264 e. The molecular formula is C21H19N3O3. The number of aryl methyl sites for hydroxylation is 1. The van der Waals surface area contributed by atoms with Gasteiger partial charge in [0.2, 0.25) is 5.91 Å². The number of fused-ring (bicyclic) bond motifs is 1. The second-order valence-electron chi connectivity index (χ2n) is 6.69. The van der Waals surface area contributed by atoms with Crippen LogP contribution in [0.4, 0.5) is 5.69 Å². The summed E-state index contributed by atoms with van der Waals surface area (Å²) >= 11 is 0. The minimum Gasteiger partial charge on any atom is -0.480 e. The van der Waals surface area contributed by atoms with Crippen molar-refractivity contribution in [2.75, 3.05) is 24.5 Å². The van der Waals surface area contributed by atoms with E-state index in [4.69, 9.17) is 4.74 Å². The van der Waals surface area contributed by atoms with E-state index in [1.165, 1.54) is 0 Å². The lowest BCUT2D eigenvalue weighted by atomic mass is 10.0. The van der Waals surface area contributed by atoms with Crippen molar-refractivity contribution in [2.24, 2.45) is 0 Å². The van der Waals surface area contributed by atoms with Gasteiger partial charge in [-0.3, -0.25) is 9.59 Å². The minimum atomic E-state index is -0.550. The molecule has 2 aromatic rings. The Kier molecular flexibility index (Phi) is 4.51. The number of nitrogens with zero attached hydrogens (tertiary/aromatic N) is 3. The third-order valence-corrected chi connectivity index (χ3v) is 5.04.